The van der Waals surface area contributed by atoms with Crippen molar-refractivity contribution in [3.05, 3.63) is 0 Å². The summed E-state index contributed by atoms with van der Waals surface area (Å²) in [6, 6.07) is 1.51. The summed E-state index contributed by atoms with van der Waals surface area (Å²) in [5, 5.41) is 17.1. The van der Waals surface area contributed by atoms with Crippen LogP contribution < -0.4 is 4.72 Å². The van der Waals surface area contributed by atoms with Crippen LogP contribution in [0, 0.1) is 16.7 Å². The molecular formula is C8H12N2O4S. The van der Waals surface area contributed by atoms with Gasteiger partial charge < -0.3 is 5.11 Å². The lowest BCUT2D eigenvalue weighted by atomic mass is 9.69. The summed E-state index contributed by atoms with van der Waals surface area (Å²) in [7, 11) is -3.65. The molecule has 15 heavy (non-hydrogen) atoms. The molecule has 0 heterocycles. The number of nitriles is 1. The number of carboxylic acid groups (broad SMARTS) is 1. The number of nitrogens with one attached hydrogen (secondary N) is 1. The van der Waals surface area contributed by atoms with Gasteiger partial charge in [0, 0.05) is 6.54 Å². The van der Waals surface area contributed by atoms with Crippen molar-refractivity contribution < 1.29 is 18.3 Å². The number of carbonyl (C=O) groups is 1. The first-order chi connectivity index (χ1) is 6.92. The zero-order chi connectivity index (χ0) is 11.5. The van der Waals surface area contributed by atoms with Gasteiger partial charge in [0.2, 0.25) is 10.0 Å². The molecule has 1 aliphatic rings. The maximum Gasteiger partial charge on any atom is 0.310 e. The maximum atomic E-state index is 11.1. The molecule has 0 aliphatic heterocycles. The predicted molar refractivity (Wildman–Crippen MR) is 51.3 cm³/mol. The van der Waals surface area contributed by atoms with Crippen molar-refractivity contribution in [3.8, 4) is 6.07 Å². The Bertz CT molecular complexity index is 391. The van der Waals surface area contributed by atoms with Crippen LogP contribution in [0.4, 0.5) is 0 Å². The molecule has 7 heteroatoms. The maximum absolute atomic E-state index is 11.1. The summed E-state index contributed by atoms with van der Waals surface area (Å²) in [4.78, 5) is 10.9. The van der Waals surface area contributed by atoms with E-state index in [1.54, 1.807) is 0 Å². The second-order valence-corrected chi connectivity index (χ2v) is 5.48. The molecule has 0 aromatic carbocycles. The van der Waals surface area contributed by atoms with Crippen LogP contribution >= 0.6 is 0 Å². The number of nitrogens with zero attached hydrogens (tertiary/aromatic N) is 1. The lowest BCUT2D eigenvalue weighted by molar-refractivity contribution is -0.153. The molecule has 0 aromatic heterocycles. The molecule has 6 nitrogen and oxygen atoms in total. The van der Waals surface area contributed by atoms with E-state index in [0.717, 1.165) is 6.42 Å². The van der Waals surface area contributed by atoms with E-state index in [4.69, 9.17) is 10.4 Å². The lowest BCUT2D eigenvalue weighted by Crippen LogP contribution is -2.47. The molecule has 84 valence electrons. The molecule has 1 rings (SSSR count). The second kappa shape index (κ2) is 4.16. The molecule has 1 saturated carbocycles. The minimum atomic E-state index is -3.65. The van der Waals surface area contributed by atoms with Crippen LogP contribution in [0.1, 0.15) is 19.3 Å². The number of aliphatic carboxylic acids is 1. The summed E-state index contributed by atoms with van der Waals surface area (Å²) < 4.78 is 24.4. The van der Waals surface area contributed by atoms with Crippen molar-refractivity contribution in [3.63, 3.8) is 0 Å². The summed E-state index contributed by atoms with van der Waals surface area (Å²) in [5.74, 6) is -1.61. The Morgan fingerprint density at radius 1 is 1.53 bits per heavy atom. The molecule has 0 atom stereocenters. The zero-order valence-corrected chi connectivity index (χ0v) is 8.88. The topological polar surface area (TPSA) is 107 Å². The smallest absolute Gasteiger partial charge is 0.310 e. The number of rotatable bonds is 5. The van der Waals surface area contributed by atoms with Crippen LogP contribution in [-0.2, 0) is 14.8 Å². The van der Waals surface area contributed by atoms with Crippen molar-refractivity contribution in [2.75, 3.05) is 12.3 Å². The van der Waals surface area contributed by atoms with Gasteiger partial charge in [-0.1, -0.05) is 6.42 Å². The van der Waals surface area contributed by atoms with Gasteiger partial charge >= 0.3 is 5.97 Å². The van der Waals surface area contributed by atoms with Gasteiger partial charge in [-0.3, -0.25) is 4.79 Å². The number of hydrogen-bond donors (Lipinski definition) is 2. The number of hydrogen-bond acceptors (Lipinski definition) is 4. The third-order valence-corrected chi connectivity index (χ3v) is 3.74. The average Bonchev–Trinajstić information content (AvgIpc) is 2.00. The van der Waals surface area contributed by atoms with E-state index in [9.17, 15) is 13.2 Å². The fraction of sp³-hybridized carbons (Fsp3) is 0.750. The van der Waals surface area contributed by atoms with Crippen LogP contribution in [0.2, 0.25) is 0 Å². The highest BCUT2D eigenvalue weighted by atomic mass is 32.2. The fourth-order valence-electron chi connectivity index (χ4n) is 1.45. The van der Waals surface area contributed by atoms with Crippen molar-refractivity contribution in [1.29, 1.82) is 5.26 Å². The van der Waals surface area contributed by atoms with Gasteiger partial charge in [0.05, 0.1) is 11.5 Å². The van der Waals surface area contributed by atoms with Crippen molar-refractivity contribution >= 4 is 16.0 Å². The minimum Gasteiger partial charge on any atom is -0.481 e. The monoisotopic (exact) mass is 232 g/mol. The third kappa shape index (κ3) is 2.67. The van der Waals surface area contributed by atoms with Crippen LogP contribution in [0.3, 0.4) is 0 Å². The Morgan fingerprint density at radius 2 is 2.13 bits per heavy atom. The zero-order valence-electron chi connectivity index (χ0n) is 8.06. The van der Waals surface area contributed by atoms with E-state index in [1.165, 1.54) is 6.07 Å². The highest BCUT2D eigenvalue weighted by Gasteiger charge is 2.44. The summed E-state index contributed by atoms with van der Waals surface area (Å²) in [6.07, 6.45) is 1.76. The van der Waals surface area contributed by atoms with Crippen molar-refractivity contribution in [2.45, 2.75) is 19.3 Å². The molecule has 0 aromatic rings. The molecule has 1 fully saturated rings. The van der Waals surface area contributed by atoms with Crippen LogP contribution in [-0.4, -0.2) is 31.8 Å². The highest BCUT2D eigenvalue weighted by Crippen LogP contribution is 2.40. The molecular weight excluding hydrogens is 220 g/mol. The van der Waals surface area contributed by atoms with Crippen LogP contribution in [0.5, 0.6) is 0 Å². The van der Waals surface area contributed by atoms with E-state index < -0.39 is 27.2 Å². The Balaban J connectivity index is 2.57. The number of sulfonamides is 1. The Hall–Kier alpha value is -1.13. The third-order valence-electron chi connectivity index (χ3n) is 2.65. The molecule has 0 amide bonds. The normalized spacial score (nSPS) is 18.9. The first kappa shape index (κ1) is 11.9. The van der Waals surface area contributed by atoms with E-state index in [0.29, 0.717) is 12.8 Å². The highest BCUT2D eigenvalue weighted by molar-refractivity contribution is 7.89. The van der Waals surface area contributed by atoms with E-state index >= 15 is 0 Å². The molecule has 1 aliphatic carbocycles. The lowest BCUT2D eigenvalue weighted by Gasteiger charge is -2.37. The molecule has 0 unspecified atom stereocenters. The Labute approximate surface area is 87.9 Å². The quantitative estimate of drug-likeness (QED) is 0.675. The largest absolute Gasteiger partial charge is 0.481 e. The minimum absolute atomic E-state index is 0.119. The fourth-order valence-corrected chi connectivity index (χ4v) is 2.22. The second-order valence-electron chi connectivity index (χ2n) is 3.68. The van der Waals surface area contributed by atoms with Gasteiger partial charge in [-0.25, -0.2) is 13.1 Å². The molecule has 0 spiro atoms. The van der Waals surface area contributed by atoms with Gasteiger partial charge in [-0.15, -0.1) is 0 Å². The van der Waals surface area contributed by atoms with Gasteiger partial charge in [-0.05, 0) is 12.8 Å². The van der Waals surface area contributed by atoms with Crippen LogP contribution in [0.15, 0.2) is 0 Å². The SMILES string of the molecule is N#CCS(=O)(=O)NCC1(C(=O)O)CCC1. The van der Waals surface area contributed by atoms with E-state index in [-0.39, 0.29) is 6.54 Å². The molecule has 0 radical (unpaired) electrons. The van der Waals surface area contributed by atoms with Crippen molar-refractivity contribution in [2.24, 2.45) is 5.41 Å². The van der Waals surface area contributed by atoms with Crippen LogP contribution in [0.25, 0.3) is 0 Å². The van der Waals surface area contributed by atoms with Gasteiger partial charge in [0.15, 0.2) is 5.75 Å². The van der Waals surface area contributed by atoms with Gasteiger partial charge in [0.1, 0.15) is 0 Å². The molecule has 2 N–H and O–H groups in total. The number of carboxylic acids is 1. The standard InChI is InChI=1S/C8H12N2O4S/c9-4-5-15(13,14)10-6-8(7(11)12)2-1-3-8/h10H,1-3,5-6H2,(H,11,12). The predicted octanol–water partition coefficient (Wildman–Crippen LogP) is -0.316. The summed E-state index contributed by atoms with van der Waals surface area (Å²) in [6.45, 7) is -0.119. The van der Waals surface area contributed by atoms with E-state index in [2.05, 4.69) is 4.72 Å². The Kier molecular flexibility index (Phi) is 3.31. The van der Waals surface area contributed by atoms with Gasteiger partial charge in [-0.2, -0.15) is 5.26 Å². The molecule has 0 saturated heterocycles. The van der Waals surface area contributed by atoms with E-state index in [1.807, 2.05) is 0 Å². The first-order valence-electron chi connectivity index (χ1n) is 4.50. The molecule has 0 bridgehead atoms. The first-order valence-corrected chi connectivity index (χ1v) is 6.15. The summed E-state index contributed by atoms with van der Waals surface area (Å²) >= 11 is 0. The Morgan fingerprint density at radius 3 is 2.47 bits per heavy atom. The average molecular weight is 232 g/mol. The summed E-state index contributed by atoms with van der Waals surface area (Å²) in [5.41, 5.74) is -0.956. The van der Waals surface area contributed by atoms with Crippen molar-refractivity contribution in [1.82, 2.24) is 4.72 Å². The van der Waals surface area contributed by atoms with Gasteiger partial charge in [0.25, 0.3) is 0 Å².